The van der Waals surface area contributed by atoms with Gasteiger partial charge in [-0.3, -0.25) is 0 Å². The molecule has 18 heavy (non-hydrogen) atoms. The van der Waals surface area contributed by atoms with Crippen LogP contribution in [0.25, 0.3) is 11.1 Å². The highest BCUT2D eigenvalue weighted by molar-refractivity contribution is 5.75. The van der Waals surface area contributed by atoms with Gasteiger partial charge in [0.25, 0.3) is 6.01 Å². The Morgan fingerprint density at radius 1 is 1.06 bits per heavy atom. The van der Waals surface area contributed by atoms with Gasteiger partial charge >= 0.3 is 0 Å². The van der Waals surface area contributed by atoms with E-state index in [0.29, 0.717) is 6.01 Å². The molecular weight excluding hydrogens is 224 g/mol. The highest BCUT2D eigenvalue weighted by Crippen LogP contribution is 2.24. The van der Waals surface area contributed by atoms with Gasteiger partial charge in [-0.2, -0.15) is 4.98 Å². The molecule has 0 saturated carbocycles. The van der Waals surface area contributed by atoms with Crippen LogP contribution in [0.4, 0.5) is 11.7 Å². The van der Waals surface area contributed by atoms with Crippen LogP contribution in [-0.4, -0.2) is 4.98 Å². The summed E-state index contributed by atoms with van der Waals surface area (Å²) in [5.74, 6) is 0. The summed E-state index contributed by atoms with van der Waals surface area (Å²) < 4.78 is 5.63. The van der Waals surface area contributed by atoms with E-state index in [2.05, 4.69) is 36.3 Å². The molecule has 0 radical (unpaired) electrons. The van der Waals surface area contributed by atoms with E-state index in [1.165, 1.54) is 11.1 Å². The van der Waals surface area contributed by atoms with Gasteiger partial charge in [0.15, 0.2) is 5.58 Å². The summed E-state index contributed by atoms with van der Waals surface area (Å²) in [4.78, 5) is 4.39. The molecular formula is C15H14N2O. The van der Waals surface area contributed by atoms with Crippen molar-refractivity contribution in [2.45, 2.75) is 13.8 Å². The van der Waals surface area contributed by atoms with Crippen LogP contribution in [0.15, 0.2) is 46.9 Å². The van der Waals surface area contributed by atoms with Crippen LogP contribution in [-0.2, 0) is 0 Å². The maximum Gasteiger partial charge on any atom is 0.300 e. The van der Waals surface area contributed by atoms with E-state index in [4.69, 9.17) is 4.42 Å². The van der Waals surface area contributed by atoms with Crippen molar-refractivity contribution < 1.29 is 4.42 Å². The third kappa shape index (κ3) is 1.95. The predicted molar refractivity (Wildman–Crippen MR) is 73.2 cm³/mol. The van der Waals surface area contributed by atoms with Crippen molar-refractivity contribution in [1.82, 2.24) is 4.98 Å². The Labute approximate surface area is 105 Å². The smallest absolute Gasteiger partial charge is 0.300 e. The minimum absolute atomic E-state index is 0.531. The molecule has 0 aliphatic heterocycles. The molecule has 3 aromatic rings. The van der Waals surface area contributed by atoms with E-state index in [9.17, 15) is 0 Å². The number of rotatable bonds is 2. The summed E-state index contributed by atoms with van der Waals surface area (Å²) >= 11 is 0. The lowest BCUT2D eigenvalue weighted by Crippen LogP contribution is -1.93. The van der Waals surface area contributed by atoms with Crippen LogP contribution in [0, 0.1) is 13.8 Å². The summed E-state index contributed by atoms with van der Waals surface area (Å²) in [5.41, 5.74) is 5.11. The number of fused-ring (bicyclic) bond motifs is 1. The Hall–Kier alpha value is -2.29. The minimum Gasteiger partial charge on any atom is -0.423 e. The Kier molecular flexibility index (Phi) is 2.52. The lowest BCUT2D eigenvalue weighted by atomic mass is 10.1. The van der Waals surface area contributed by atoms with Crippen molar-refractivity contribution in [1.29, 1.82) is 0 Å². The first-order valence-corrected chi connectivity index (χ1v) is 5.92. The van der Waals surface area contributed by atoms with Gasteiger partial charge < -0.3 is 9.73 Å². The van der Waals surface area contributed by atoms with Crippen LogP contribution in [0.1, 0.15) is 11.1 Å². The van der Waals surface area contributed by atoms with Gasteiger partial charge in [0.05, 0.1) is 0 Å². The van der Waals surface area contributed by atoms with Crippen LogP contribution in [0.2, 0.25) is 0 Å². The Bertz CT molecular complexity index is 668. The number of aromatic nitrogens is 1. The molecule has 0 amide bonds. The van der Waals surface area contributed by atoms with E-state index in [1.54, 1.807) is 0 Å². The van der Waals surface area contributed by atoms with Crippen molar-refractivity contribution in [2.75, 3.05) is 5.32 Å². The second kappa shape index (κ2) is 4.18. The highest BCUT2D eigenvalue weighted by atomic mass is 16.4. The van der Waals surface area contributed by atoms with Crippen LogP contribution in [0.5, 0.6) is 0 Å². The number of hydrogen-bond donors (Lipinski definition) is 1. The second-order valence-electron chi connectivity index (χ2n) is 4.43. The van der Waals surface area contributed by atoms with E-state index < -0.39 is 0 Å². The van der Waals surface area contributed by atoms with Crippen LogP contribution in [0.3, 0.4) is 0 Å². The van der Waals surface area contributed by atoms with E-state index >= 15 is 0 Å². The molecule has 0 spiro atoms. The molecule has 0 aliphatic carbocycles. The number of nitrogens with zero attached hydrogens (tertiary/aromatic N) is 1. The molecule has 1 heterocycles. The topological polar surface area (TPSA) is 38.1 Å². The fraction of sp³-hybridized carbons (Fsp3) is 0.133. The van der Waals surface area contributed by atoms with Gasteiger partial charge in [-0.15, -0.1) is 0 Å². The molecule has 0 fully saturated rings. The normalized spacial score (nSPS) is 10.8. The number of nitrogens with one attached hydrogen (secondary N) is 1. The molecule has 90 valence electrons. The zero-order valence-electron chi connectivity index (χ0n) is 10.4. The van der Waals surface area contributed by atoms with Gasteiger partial charge in [0.1, 0.15) is 5.52 Å². The summed E-state index contributed by atoms with van der Waals surface area (Å²) in [6, 6.07) is 14.5. The number of oxazole rings is 1. The molecule has 3 rings (SSSR count). The first-order chi connectivity index (χ1) is 8.72. The van der Waals surface area contributed by atoms with Gasteiger partial charge in [-0.1, -0.05) is 29.8 Å². The van der Waals surface area contributed by atoms with Crippen molar-refractivity contribution in [3.8, 4) is 0 Å². The average Bonchev–Trinajstić information content (AvgIpc) is 2.75. The van der Waals surface area contributed by atoms with E-state index in [0.717, 1.165) is 16.8 Å². The first-order valence-electron chi connectivity index (χ1n) is 5.92. The van der Waals surface area contributed by atoms with Gasteiger partial charge in [-0.25, -0.2) is 0 Å². The third-order valence-electron chi connectivity index (χ3n) is 2.92. The summed E-state index contributed by atoms with van der Waals surface area (Å²) in [5, 5.41) is 3.21. The second-order valence-corrected chi connectivity index (χ2v) is 4.43. The summed E-state index contributed by atoms with van der Waals surface area (Å²) in [6.07, 6.45) is 0. The average molecular weight is 238 g/mol. The molecule has 0 bridgehead atoms. The van der Waals surface area contributed by atoms with Gasteiger partial charge in [0.2, 0.25) is 0 Å². The van der Waals surface area contributed by atoms with E-state index in [1.807, 2.05) is 30.3 Å². The number of para-hydroxylation sites is 2. The highest BCUT2D eigenvalue weighted by Gasteiger charge is 2.06. The predicted octanol–water partition coefficient (Wildman–Crippen LogP) is 4.19. The summed E-state index contributed by atoms with van der Waals surface area (Å²) in [6.45, 7) is 4.15. The summed E-state index contributed by atoms with van der Waals surface area (Å²) in [7, 11) is 0. The lowest BCUT2D eigenvalue weighted by Gasteiger charge is -2.06. The van der Waals surface area contributed by atoms with Crippen molar-refractivity contribution >= 4 is 22.8 Å². The standard InChI is InChI=1S/C15H14N2O/c1-10-7-8-12(11(2)9-10)16-15-17-13-5-3-4-6-14(13)18-15/h3-9H,1-2H3,(H,16,17). The van der Waals surface area contributed by atoms with Crippen LogP contribution < -0.4 is 5.32 Å². The number of aryl methyl sites for hydroxylation is 2. The Morgan fingerprint density at radius 2 is 1.89 bits per heavy atom. The van der Waals surface area contributed by atoms with Crippen molar-refractivity contribution in [3.63, 3.8) is 0 Å². The molecule has 0 unspecified atom stereocenters. The zero-order valence-corrected chi connectivity index (χ0v) is 10.4. The molecule has 3 heteroatoms. The number of benzene rings is 2. The van der Waals surface area contributed by atoms with Crippen molar-refractivity contribution in [2.24, 2.45) is 0 Å². The maximum absolute atomic E-state index is 5.63. The molecule has 2 aromatic carbocycles. The Morgan fingerprint density at radius 3 is 2.67 bits per heavy atom. The molecule has 3 nitrogen and oxygen atoms in total. The molecule has 0 atom stereocenters. The molecule has 0 saturated heterocycles. The monoisotopic (exact) mass is 238 g/mol. The quantitative estimate of drug-likeness (QED) is 0.727. The minimum atomic E-state index is 0.531. The number of anilines is 2. The third-order valence-corrected chi connectivity index (χ3v) is 2.92. The first kappa shape index (κ1) is 10.8. The molecule has 1 aromatic heterocycles. The fourth-order valence-corrected chi connectivity index (χ4v) is 1.99. The van der Waals surface area contributed by atoms with Crippen molar-refractivity contribution in [3.05, 3.63) is 53.6 Å². The SMILES string of the molecule is Cc1ccc(Nc2nc3ccccc3o2)c(C)c1. The van der Waals surface area contributed by atoms with Gasteiger partial charge in [0, 0.05) is 5.69 Å². The lowest BCUT2D eigenvalue weighted by molar-refractivity contribution is 0.623. The zero-order chi connectivity index (χ0) is 12.5. The molecule has 0 aliphatic rings. The molecule has 1 N–H and O–H groups in total. The number of hydrogen-bond acceptors (Lipinski definition) is 3. The largest absolute Gasteiger partial charge is 0.423 e. The Balaban J connectivity index is 1.96. The van der Waals surface area contributed by atoms with Gasteiger partial charge in [-0.05, 0) is 37.6 Å². The van der Waals surface area contributed by atoms with E-state index in [-0.39, 0.29) is 0 Å². The van der Waals surface area contributed by atoms with Crippen LogP contribution >= 0.6 is 0 Å². The maximum atomic E-state index is 5.63. The fourth-order valence-electron chi connectivity index (χ4n) is 1.99.